The van der Waals surface area contributed by atoms with E-state index in [0.717, 1.165) is 16.7 Å². The molecule has 15 heavy (non-hydrogen) atoms. The van der Waals surface area contributed by atoms with E-state index >= 15 is 0 Å². The standard InChI is InChI=1S/C10H13O4P/c1-6-4-7(2)9(8(3)5-6)10(11)14-15(12)13/h4-5,15H,1-3H3,(H,12,13). The number of hydrogen-bond donors (Lipinski definition) is 1. The van der Waals surface area contributed by atoms with Crippen LogP contribution >= 0.6 is 8.25 Å². The van der Waals surface area contributed by atoms with Crippen molar-refractivity contribution < 1.29 is 18.8 Å². The van der Waals surface area contributed by atoms with Crippen LogP contribution in [0.5, 0.6) is 0 Å². The van der Waals surface area contributed by atoms with Gasteiger partial charge in [0, 0.05) is 0 Å². The van der Waals surface area contributed by atoms with E-state index in [1.54, 1.807) is 13.8 Å². The molecule has 0 radical (unpaired) electrons. The smallest absolute Gasteiger partial charge is 0.367 e. The molecule has 0 bridgehead atoms. The van der Waals surface area contributed by atoms with Gasteiger partial charge in [-0.15, -0.1) is 0 Å². The second kappa shape index (κ2) is 4.60. The zero-order valence-electron chi connectivity index (χ0n) is 8.83. The van der Waals surface area contributed by atoms with E-state index in [4.69, 9.17) is 4.89 Å². The van der Waals surface area contributed by atoms with Crippen LogP contribution in [0.3, 0.4) is 0 Å². The summed E-state index contributed by atoms with van der Waals surface area (Å²) in [6.07, 6.45) is 0. The fourth-order valence-electron chi connectivity index (χ4n) is 1.63. The van der Waals surface area contributed by atoms with Gasteiger partial charge in [-0.05, 0) is 31.9 Å². The van der Waals surface area contributed by atoms with Gasteiger partial charge in [-0.25, -0.2) is 9.36 Å². The molecule has 0 aliphatic rings. The van der Waals surface area contributed by atoms with Crippen molar-refractivity contribution in [3.05, 3.63) is 34.4 Å². The minimum absolute atomic E-state index is 0.369. The first-order valence-corrected chi connectivity index (χ1v) is 5.71. The molecule has 1 N–H and O–H groups in total. The number of carbonyl (C=O) groups is 1. The average molecular weight is 228 g/mol. The van der Waals surface area contributed by atoms with Crippen molar-refractivity contribution in [1.29, 1.82) is 0 Å². The summed E-state index contributed by atoms with van der Waals surface area (Å²) in [4.78, 5) is 20.0. The fraction of sp³-hybridized carbons (Fsp3) is 0.300. The van der Waals surface area contributed by atoms with E-state index in [9.17, 15) is 9.36 Å². The summed E-state index contributed by atoms with van der Waals surface area (Å²) >= 11 is 0. The zero-order valence-corrected chi connectivity index (χ0v) is 9.83. The van der Waals surface area contributed by atoms with Crippen LogP contribution in [-0.4, -0.2) is 10.9 Å². The van der Waals surface area contributed by atoms with E-state index in [1.807, 2.05) is 19.1 Å². The summed E-state index contributed by atoms with van der Waals surface area (Å²) in [5, 5.41) is 0. The van der Waals surface area contributed by atoms with E-state index < -0.39 is 14.2 Å². The van der Waals surface area contributed by atoms with Gasteiger partial charge in [0.2, 0.25) is 0 Å². The molecule has 0 aliphatic carbocycles. The minimum atomic E-state index is -3.22. The predicted molar refractivity (Wildman–Crippen MR) is 57.3 cm³/mol. The summed E-state index contributed by atoms with van der Waals surface area (Å²) in [7, 11) is -3.22. The molecule has 0 fully saturated rings. The fourth-order valence-corrected chi connectivity index (χ4v) is 1.89. The molecule has 1 unspecified atom stereocenters. The van der Waals surface area contributed by atoms with Crippen LogP contribution < -0.4 is 0 Å². The van der Waals surface area contributed by atoms with Gasteiger partial charge in [0.25, 0.3) is 0 Å². The first-order valence-electron chi connectivity index (χ1n) is 4.44. The van der Waals surface area contributed by atoms with Gasteiger partial charge in [-0.1, -0.05) is 17.7 Å². The molecule has 0 amide bonds. The Hall–Kier alpha value is -1.12. The van der Waals surface area contributed by atoms with Crippen molar-refractivity contribution in [3.63, 3.8) is 0 Å². The van der Waals surface area contributed by atoms with Crippen molar-refractivity contribution in [2.75, 3.05) is 0 Å². The highest BCUT2D eigenvalue weighted by molar-refractivity contribution is 7.32. The molecule has 1 aromatic carbocycles. The van der Waals surface area contributed by atoms with Crippen LogP contribution in [0.1, 0.15) is 27.0 Å². The maximum Gasteiger partial charge on any atom is 0.367 e. The number of carbonyl (C=O) groups excluding carboxylic acids is 1. The summed E-state index contributed by atoms with van der Waals surface area (Å²) in [5.41, 5.74) is 2.91. The molecule has 0 aromatic heterocycles. The normalized spacial score (nSPS) is 12.3. The number of benzene rings is 1. The molecule has 1 aromatic rings. The third-order valence-corrected chi connectivity index (χ3v) is 2.42. The Labute approximate surface area is 88.8 Å². The van der Waals surface area contributed by atoms with Crippen molar-refractivity contribution in [1.82, 2.24) is 0 Å². The second-order valence-corrected chi connectivity index (χ2v) is 4.17. The largest absolute Gasteiger partial charge is 0.390 e. The van der Waals surface area contributed by atoms with Crippen LogP contribution in [-0.2, 0) is 9.09 Å². The van der Waals surface area contributed by atoms with Gasteiger partial charge in [0.15, 0.2) is 0 Å². The first kappa shape index (κ1) is 12.0. The van der Waals surface area contributed by atoms with Gasteiger partial charge >= 0.3 is 14.2 Å². The molecule has 0 heterocycles. The Balaban J connectivity index is 3.14. The topological polar surface area (TPSA) is 63.6 Å². The van der Waals surface area contributed by atoms with Crippen molar-refractivity contribution in [2.24, 2.45) is 0 Å². The monoisotopic (exact) mass is 228 g/mol. The van der Waals surface area contributed by atoms with Gasteiger partial charge in [-0.3, -0.25) is 0 Å². The summed E-state index contributed by atoms with van der Waals surface area (Å²) in [5.74, 6) is -0.739. The van der Waals surface area contributed by atoms with Crippen molar-refractivity contribution >= 4 is 14.2 Å². The zero-order chi connectivity index (χ0) is 11.6. The molecular weight excluding hydrogens is 215 g/mol. The summed E-state index contributed by atoms with van der Waals surface area (Å²) in [6.45, 7) is 5.46. The highest BCUT2D eigenvalue weighted by Gasteiger charge is 2.15. The number of aryl methyl sites for hydroxylation is 3. The lowest BCUT2D eigenvalue weighted by molar-refractivity contribution is 0.0729. The molecule has 0 saturated carbocycles. The molecule has 0 spiro atoms. The van der Waals surface area contributed by atoms with Gasteiger partial charge < -0.3 is 9.42 Å². The third-order valence-electron chi connectivity index (χ3n) is 2.06. The lowest BCUT2D eigenvalue weighted by Crippen LogP contribution is -2.05. The average Bonchev–Trinajstić information content (AvgIpc) is 1.99. The van der Waals surface area contributed by atoms with Gasteiger partial charge in [0.05, 0.1) is 5.56 Å². The van der Waals surface area contributed by atoms with Gasteiger partial charge in [-0.2, -0.15) is 0 Å². The van der Waals surface area contributed by atoms with Gasteiger partial charge in [0.1, 0.15) is 0 Å². The number of rotatable bonds is 2. The van der Waals surface area contributed by atoms with E-state index in [1.165, 1.54) is 0 Å². The maximum atomic E-state index is 11.5. The molecule has 0 aliphatic heterocycles. The van der Waals surface area contributed by atoms with Crippen molar-refractivity contribution in [3.8, 4) is 0 Å². The van der Waals surface area contributed by atoms with E-state index in [2.05, 4.69) is 4.52 Å². The lowest BCUT2D eigenvalue weighted by Gasteiger charge is -2.09. The molecule has 4 nitrogen and oxygen atoms in total. The van der Waals surface area contributed by atoms with Crippen molar-refractivity contribution in [2.45, 2.75) is 20.8 Å². The molecule has 1 rings (SSSR count). The Morgan fingerprint density at radius 2 is 1.73 bits per heavy atom. The maximum absolute atomic E-state index is 11.5. The van der Waals surface area contributed by atoms with Crippen LogP contribution in [0.25, 0.3) is 0 Å². The predicted octanol–water partition coefficient (Wildman–Crippen LogP) is 2.15. The molecular formula is C10H13O4P. The Kier molecular flexibility index (Phi) is 3.66. The Morgan fingerprint density at radius 1 is 1.27 bits per heavy atom. The SMILES string of the molecule is Cc1cc(C)c(C(=O)O[PH](=O)O)c(C)c1. The van der Waals surface area contributed by atoms with Crippen LogP contribution in [0, 0.1) is 20.8 Å². The van der Waals surface area contributed by atoms with Crippen LogP contribution in [0.4, 0.5) is 0 Å². The molecule has 82 valence electrons. The second-order valence-electron chi connectivity index (χ2n) is 3.43. The van der Waals surface area contributed by atoms with Crippen LogP contribution in [0.15, 0.2) is 12.1 Å². The van der Waals surface area contributed by atoms with E-state index in [-0.39, 0.29) is 0 Å². The molecule has 5 heteroatoms. The Bertz CT molecular complexity index is 402. The lowest BCUT2D eigenvalue weighted by atomic mass is 10.0. The quantitative estimate of drug-likeness (QED) is 0.787. The molecule has 1 atom stereocenters. The number of hydrogen-bond acceptors (Lipinski definition) is 3. The minimum Gasteiger partial charge on any atom is -0.390 e. The third kappa shape index (κ3) is 2.91. The van der Waals surface area contributed by atoms with E-state index in [0.29, 0.717) is 5.56 Å². The molecule has 0 saturated heterocycles. The Morgan fingerprint density at radius 3 is 2.13 bits per heavy atom. The first-order chi connectivity index (χ1) is 6.91. The highest BCUT2D eigenvalue weighted by atomic mass is 31.1. The van der Waals surface area contributed by atoms with Crippen LogP contribution in [0.2, 0.25) is 0 Å². The highest BCUT2D eigenvalue weighted by Crippen LogP contribution is 2.23. The summed E-state index contributed by atoms with van der Waals surface area (Å²) in [6, 6.07) is 3.66. The summed E-state index contributed by atoms with van der Waals surface area (Å²) < 4.78 is 14.7.